The van der Waals surface area contributed by atoms with Gasteiger partial charge in [-0.1, -0.05) is 0 Å². The molecule has 0 aliphatic heterocycles. The van der Waals surface area contributed by atoms with E-state index in [1.165, 1.54) is 21.3 Å². The normalized spacial score (nSPS) is 16.6. The minimum absolute atomic E-state index is 0.468. The van der Waals surface area contributed by atoms with Crippen molar-refractivity contribution >= 4 is 10.2 Å². The molecule has 1 atom stereocenters. The van der Waals surface area contributed by atoms with Crippen molar-refractivity contribution in [3.8, 4) is 0 Å². The van der Waals surface area contributed by atoms with E-state index in [-0.39, 0.29) is 0 Å². The average molecular weight is 237 g/mol. The van der Waals surface area contributed by atoms with Crippen LogP contribution in [0.25, 0.3) is 0 Å². The summed E-state index contributed by atoms with van der Waals surface area (Å²) in [5.74, 6) is -1.38. The number of ether oxygens (including phenoxy) is 3. The Hall–Kier alpha value is 0.0169. The third kappa shape index (κ3) is 3.51. The van der Waals surface area contributed by atoms with Gasteiger partial charge in [0.1, 0.15) is 0 Å². The lowest BCUT2D eigenvalue weighted by Crippen LogP contribution is -2.58. The molecule has 1 unspecified atom stereocenters. The van der Waals surface area contributed by atoms with Gasteiger partial charge in [0.2, 0.25) is 5.79 Å². The van der Waals surface area contributed by atoms with Gasteiger partial charge in [-0.25, -0.2) is 0 Å². The van der Waals surface area contributed by atoms with Gasteiger partial charge in [-0.15, -0.1) is 0 Å². The highest BCUT2D eigenvalue weighted by atomic mass is 28.1. The van der Waals surface area contributed by atoms with E-state index in [1.54, 1.807) is 0 Å². The van der Waals surface area contributed by atoms with Crippen molar-refractivity contribution < 1.29 is 19.3 Å². The quantitative estimate of drug-likeness (QED) is 0.310. The number of hydrogen-bond donors (Lipinski definition) is 2. The Labute approximate surface area is 94.5 Å². The Morgan fingerprint density at radius 2 is 1.73 bits per heavy atom. The molecule has 92 valence electrons. The average Bonchev–Trinajstić information content (AvgIpc) is 2.27. The fourth-order valence-corrected chi connectivity index (χ4v) is 1.88. The Morgan fingerprint density at radius 1 is 1.20 bits per heavy atom. The topological polar surface area (TPSA) is 60.0 Å². The van der Waals surface area contributed by atoms with E-state index in [2.05, 4.69) is 5.32 Å². The van der Waals surface area contributed by atoms with E-state index in [0.29, 0.717) is 16.7 Å². The van der Waals surface area contributed by atoms with Crippen LogP contribution in [0.2, 0.25) is 0 Å². The van der Waals surface area contributed by atoms with Crippen molar-refractivity contribution in [2.24, 2.45) is 0 Å². The Kier molecular flexibility index (Phi) is 6.57. The number of hydrogen-bond acceptors (Lipinski definition) is 5. The van der Waals surface area contributed by atoms with Gasteiger partial charge in [0.15, 0.2) is 5.41 Å². The molecule has 0 saturated carbocycles. The molecule has 0 rings (SSSR count). The lowest BCUT2D eigenvalue weighted by molar-refractivity contribution is -0.343. The molecule has 0 aliphatic rings. The summed E-state index contributed by atoms with van der Waals surface area (Å²) >= 11 is 0. The fraction of sp³-hybridized carbons (Fsp3) is 1.00. The highest BCUT2D eigenvalue weighted by Crippen LogP contribution is 2.29. The predicted octanol–water partition coefficient (Wildman–Crippen LogP) is -1.37. The monoisotopic (exact) mass is 237 g/mol. The van der Waals surface area contributed by atoms with Crippen LogP contribution in [0.4, 0.5) is 0 Å². The van der Waals surface area contributed by atoms with Crippen LogP contribution in [0, 0.1) is 0 Å². The second-order valence-corrected chi connectivity index (χ2v) is 4.87. The SMILES string of the molecule is CNCCCC(O)(OC)C([SiH3])(OC)OC. The first-order chi connectivity index (χ1) is 6.99. The Morgan fingerprint density at radius 3 is 2.07 bits per heavy atom. The van der Waals surface area contributed by atoms with E-state index >= 15 is 0 Å². The second kappa shape index (κ2) is 6.57. The zero-order valence-corrected chi connectivity index (χ0v) is 12.3. The maximum Gasteiger partial charge on any atom is 0.215 e. The maximum atomic E-state index is 10.3. The van der Waals surface area contributed by atoms with Gasteiger partial charge in [-0.3, -0.25) is 0 Å². The molecule has 0 aromatic carbocycles. The molecule has 0 aliphatic carbocycles. The highest BCUT2D eigenvalue weighted by molar-refractivity contribution is 6.14. The van der Waals surface area contributed by atoms with Gasteiger partial charge in [0.05, 0.1) is 10.2 Å². The van der Waals surface area contributed by atoms with Crippen molar-refractivity contribution in [1.82, 2.24) is 5.32 Å². The smallest absolute Gasteiger partial charge is 0.215 e. The van der Waals surface area contributed by atoms with Crippen LogP contribution in [0.5, 0.6) is 0 Å². The largest absolute Gasteiger partial charge is 0.362 e. The Balaban J connectivity index is 4.51. The first-order valence-corrected chi connectivity index (χ1v) is 6.02. The zero-order valence-electron chi connectivity index (χ0n) is 10.3. The van der Waals surface area contributed by atoms with Gasteiger partial charge < -0.3 is 24.6 Å². The number of aliphatic hydroxyl groups is 1. The van der Waals surface area contributed by atoms with Gasteiger partial charge in [-0.05, 0) is 20.0 Å². The van der Waals surface area contributed by atoms with Gasteiger partial charge in [0.25, 0.3) is 0 Å². The summed E-state index contributed by atoms with van der Waals surface area (Å²) in [4.78, 5) is 0. The molecule has 15 heavy (non-hydrogen) atoms. The molecule has 6 heteroatoms. The van der Waals surface area contributed by atoms with Crippen molar-refractivity contribution in [3.05, 3.63) is 0 Å². The van der Waals surface area contributed by atoms with E-state index in [4.69, 9.17) is 14.2 Å². The minimum Gasteiger partial charge on any atom is -0.362 e. The first-order valence-electron chi connectivity index (χ1n) is 5.02. The van der Waals surface area contributed by atoms with E-state index in [9.17, 15) is 5.11 Å². The minimum atomic E-state index is -1.38. The third-order valence-electron chi connectivity index (χ3n) is 2.77. The van der Waals surface area contributed by atoms with Crippen molar-refractivity contribution in [2.45, 2.75) is 24.0 Å². The summed E-state index contributed by atoms with van der Waals surface area (Å²) in [6.07, 6.45) is 1.26. The molecule has 0 amide bonds. The Bertz CT molecular complexity index is 177. The van der Waals surface area contributed by atoms with Crippen LogP contribution >= 0.6 is 0 Å². The van der Waals surface area contributed by atoms with Gasteiger partial charge in [-0.2, -0.15) is 0 Å². The first kappa shape index (κ1) is 15.0. The fourth-order valence-electron chi connectivity index (χ4n) is 1.42. The summed E-state index contributed by atoms with van der Waals surface area (Å²) in [5.41, 5.74) is -1.02. The van der Waals surface area contributed by atoms with Crippen LogP contribution in [0.3, 0.4) is 0 Å². The van der Waals surface area contributed by atoms with Crippen molar-refractivity contribution in [2.75, 3.05) is 34.9 Å². The number of methoxy groups -OCH3 is 3. The molecule has 0 spiro atoms. The molecule has 0 aromatic heterocycles. The van der Waals surface area contributed by atoms with Crippen molar-refractivity contribution in [1.29, 1.82) is 0 Å². The molecule has 2 N–H and O–H groups in total. The molecule has 0 bridgehead atoms. The van der Waals surface area contributed by atoms with Crippen LogP contribution in [-0.2, 0) is 14.2 Å². The molecule has 0 saturated heterocycles. The number of nitrogens with one attached hydrogen (secondary N) is 1. The number of rotatable bonds is 8. The van der Waals surface area contributed by atoms with E-state index < -0.39 is 11.2 Å². The summed E-state index contributed by atoms with van der Waals surface area (Å²) < 4.78 is 15.6. The standard InChI is InChI=1S/C9H23NO4Si/c1-10-7-5-6-8(11,12-2)9(15,13-3)14-4/h10-11H,5-7H2,1-4,15H3. The second-order valence-electron chi connectivity index (χ2n) is 3.55. The molecule has 0 fully saturated rings. The van der Waals surface area contributed by atoms with E-state index in [0.717, 1.165) is 13.0 Å². The highest BCUT2D eigenvalue weighted by Gasteiger charge is 2.47. The van der Waals surface area contributed by atoms with Crippen molar-refractivity contribution in [3.63, 3.8) is 0 Å². The summed E-state index contributed by atoms with van der Waals surface area (Å²) in [7, 11) is 6.87. The lowest BCUT2D eigenvalue weighted by Gasteiger charge is -2.41. The van der Waals surface area contributed by atoms with Gasteiger partial charge >= 0.3 is 0 Å². The summed E-state index contributed by atoms with van der Waals surface area (Å²) in [6, 6.07) is 0. The third-order valence-corrected chi connectivity index (χ3v) is 4.37. The molecule has 0 aromatic rings. The van der Waals surface area contributed by atoms with Crippen LogP contribution in [0.15, 0.2) is 0 Å². The zero-order chi connectivity index (χ0) is 11.9. The molecule has 0 radical (unpaired) electrons. The van der Waals surface area contributed by atoms with Crippen LogP contribution < -0.4 is 5.32 Å². The molecular weight excluding hydrogens is 214 g/mol. The maximum absolute atomic E-state index is 10.3. The van der Waals surface area contributed by atoms with Gasteiger partial charge in [0, 0.05) is 27.8 Å². The molecule has 0 heterocycles. The summed E-state index contributed by atoms with van der Waals surface area (Å²) in [5, 5.41) is 13.3. The molecule has 5 nitrogen and oxygen atoms in total. The lowest BCUT2D eigenvalue weighted by atomic mass is 10.1. The summed E-state index contributed by atoms with van der Waals surface area (Å²) in [6.45, 7) is 0.816. The molecular formula is C9H23NO4Si. The van der Waals surface area contributed by atoms with Crippen LogP contribution in [0.1, 0.15) is 12.8 Å². The predicted molar refractivity (Wildman–Crippen MR) is 61.8 cm³/mol. The van der Waals surface area contributed by atoms with Crippen LogP contribution in [-0.4, -0.2) is 61.5 Å². The van der Waals surface area contributed by atoms with E-state index in [1.807, 2.05) is 7.05 Å².